The number of aromatic nitrogens is 2. The van der Waals surface area contributed by atoms with E-state index < -0.39 is 15.8 Å². The highest BCUT2D eigenvalue weighted by atomic mass is 32.2. The maximum absolute atomic E-state index is 13.4. The highest BCUT2D eigenvalue weighted by Gasteiger charge is 2.31. The van der Waals surface area contributed by atoms with Crippen LogP contribution in [-0.4, -0.2) is 32.3 Å². The van der Waals surface area contributed by atoms with Gasteiger partial charge in [0, 0.05) is 6.26 Å². The third-order valence-corrected chi connectivity index (χ3v) is 6.29. The Morgan fingerprint density at radius 3 is 2.19 bits per heavy atom. The van der Waals surface area contributed by atoms with Crippen molar-refractivity contribution in [2.75, 3.05) is 13.4 Å². The Morgan fingerprint density at radius 2 is 1.56 bits per heavy atom. The average molecular weight is 450 g/mol. The lowest BCUT2D eigenvalue weighted by Crippen LogP contribution is -2.47. The van der Waals surface area contributed by atoms with Gasteiger partial charge in [-0.1, -0.05) is 42.5 Å². The molecule has 4 aromatic rings. The van der Waals surface area contributed by atoms with Crippen molar-refractivity contribution in [3.8, 4) is 5.69 Å². The normalized spacial score (nSPS) is 11.4. The van der Waals surface area contributed by atoms with E-state index in [0.717, 1.165) is 6.26 Å². The van der Waals surface area contributed by atoms with E-state index >= 15 is 0 Å². The molecule has 32 heavy (non-hydrogen) atoms. The molecule has 0 saturated carbocycles. The first-order valence-corrected chi connectivity index (χ1v) is 11.7. The van der Waals surface area contributed by atoms with Gasteiger partial charge in [-0.05, 0) is 42.0 Å². The average Bonchev–Trinajstić information content (AvgIpc) is 2.80. The summed E-state index contributed by atoms with van der Waals surface area (Å²) in [5.74, 6) is -0.598. The molecular weight excluding hydrogens is 428 g/mol. The summed E-state index contributed by atoms with van der Waals surface area (Å²) in [5, 5.41) is 0.441. The van der Waals surface area contributed by atoms with Crippen LogP contribution in [0, 0.1) is 0 Å². The Hall–Kier alpha value is -3.78. The van der Waals surface area contributed by atoms with Gasteiger partial charge in [-0.15, -0.1) is 0 Å². The van der Waals surface area contributed by atoms with Crippen molar-refractivity contribution in [2.24, 2.45) is 0 Å². The minimum atomic E-state index is -3.34. The molecule has 0 bridgehead atoms. The zero-order valence-electron chi connectivity index (χ0n) is 17.6. The van der Waals surface area contributed by atoms with Crippen LogP contribution in [0.5, 0.6) is 0 Å². The van der Waals surface area contributed by atoms with Crippen molar-refractivity contribution >= 4 is 26.7 Å². The van der Waals surface area contributed by atoms with E-state index in [1.165, 1.54) is 23.8 Å². The van der Waals surface area contributed by atoms with Crippen LogP contribution in [0.25, 0.3) is 16.6 Å². The molecule has 0 atom stereocenters. The molecule has 0 aliphatic rings. The number of benzene rings is 3. The summed E-state index contributed by atoms with van der Waals surface area (Å²) in [7, 11) is -2.08. The third-order valence-electron chi connectivity index (χ3n) is 5.16. The van der Waals surface area contributed by atoms with Crippen molar-refractivity contribution in [2.45, 2.75) is 11.4 Å². The quantitative estimate of drug-likeness (QED) is 0.345. The van der Waals surface area contributed by atoms with Crippen LogP contribution in [0.1, 0.15) is 16.2 Å². The van der Waals surface area contributed by atoms with Gasteiger partial charge >= 0.3 is 17.4 Å². The van der Waals surface area contributed by atoms with Gasteiger partial charge in [-0.3, -0.25) is 0 Å². The predicted octanol–water partition coefficient (Wildman–Crippen LogP) is 2.52. The molecule has 162 valence electrons. The lowest BCUT2D eigenvalue weighted by Gasteiger charge is -2.13. The number of rotatable bonds is 5. The van der Waals surface area contributed by atoms with Crippen molar-refractivity contribution in [1.29, 1.82) is 0 Å². The molecule has 0 N–H and O–H groups in total. The topological polar surface area (TPSA) is 86.3 Å². The van der Waals surface area contributed by atoms with Gasteiger partial charge in [0.15, 0.2) is 9.84 Å². The monoisotopic (exact) mass is 449 g/mol. The highest BCUT2D eigenvalue weighted by Crippen LogP contribution is 2.15. The minimum Gasteiger partial charge on any atom is -0.460 e. The summed E-state index contributed by atoms with van der Waals surface area (Å²) in [4.78, 5) is 26.5. The number of hydrogen-bond acceptors (Lipinski definition) is 5. The molecule has 0 unspecified atom stereocenters. The fraction of sp³-hybridized carbons (Fsp3) is 0.125. The van der Waals surface area contributed by atoms with Crippen molar-refractivity contribution in [1.82, 2.24) is 4.57 Å². The molecule has 1 aromatic heterocycles. The van der Waals surface area contributed by atoms with Crippen molar-refractivity contribution in [3.05, 3.63) is 101 Å². The zero-order chi connectivity index (χ0) is 22.9. The summed E-state index contributed by atoms with van der Waals surface area (Å²) >= 11 is 0. The highest BCUT2D eigenvalue weighted by molar-refractivity contribution is 7.90. The van der Waals surface area contributed by atoms with Gasteiger partial charge in [-0.25, -0.2) is 18.0 Å². The maximum atomic E-state index is 13.4. The SMILES string of the molecule is COC(=O)c1n(Cc2ccc(S(C)(=O)=O)cc2)c(=O)c2ccccc2[n+]1-c1ccccc1. The molecule has 7 nitrogen and oxygen atoms in total. The van der Waals surface area contributed by atoms with Crippen molar-refractivity contribution in [3.63, 3.8) is 0 Å². The summed E-state index contributed by atoms with van der Waals surface area (Å²) in [5.41, 5.74) is 1.60. The number of carbonyl (C=O) groups excluding carboxylic acids is 1. The van der Waals surface area contributed by atoms with E-state index in [-0.39, 0.29) is 22.8 Å². The summed E-state index contributed by atoms with van der Waals surface area (Å²) in [6, 6.07) is 22.5. The number of ether oxygens (including phenoxy) is 1. The molecule has 8 heteroatoms. The lowest BCUT2D eigenvalue weighted by molar-refractivity contribution is -0.576. The number of hydrogen-bond donors (Lipinski definition) is 0. The first-order chi connectivity index (χ1) is 15.3. The second kappa shape index (κ2) is 8.39. The van der Waals surface area contributed by atoms with E-state index in [0.29, 0.717) is 22.2 Å². The molecule has 0 saturated heterocycles. The fourth-order valence-corrected chi connectivity index (χ4v) is 4.26. The number of sulfone groups is 1. The summed E-state index contributed by atoms with van der Waals surface area (Å²) in [6.07, 6.45) is 1.13. The zero-order valence-corrected chi connectivity index (χ0v) is 18.4. The minimum absolute atomic E-state index is 0.0605. The predicted molar refractivity (Wildman–Crippen MR) is 120 cm³/mol. The number of carbonyl (C=O) groups is 1. The molecular formula is C24H21N2O5S+. The first kappa shape index (κ1) is 21.5. The Balaban J connectivity index is 2.01. The Kier molecular flexibility index (Phi) is 5.63. The van der Waals surface area contributed by atoms with E-state index in [4.69, 9.17) is 4.74 Å². The Morgan fingerprint density at radius 1 is 0.938 bits per heavy atom. The molecule has 3 aromatic carbocycles. The number of nitrogens with zero attached hydrogens (tertiary/aromatic N) is 2. The standard InChI is InChI=1S/C24H21N2O5S/c1-31-24(28)22-25(16-17-12-14-19(15-13-17)32(2,29)30)23(27)20-10-6-7-11-21(20)26(22)18-8-4-3-5-9-18/h3-15H,16H2,1-2H3/q+1. The molecule has 0 aliphatic carbocycles. The second-order valence-electron chi connectivity index (χ2n) is 7.31. The van der Waals surface area contributed by atoms with Crippen LogP contribution < -0.4 is 10.1 Å². The molecule has 0 spiro atoms. The fourth-order valence-electron chi connectivity index (χ4n) is 3.63. The van der Waals surface area contributed by atoms with Gasteiger partial charge in [0.05, 0.1) is 12.0 Å². The summed E-state index contributed by atoms with van der Waals surface area (Å²) in [6.45, 7) is 0.0605. The largest absolute Gasteiger partial charge is 0.460 e. The molecule has 1 heterocycles. The molecule has 4 rings (SSSR count). The van der Waals surface area contributed by atoms with E-state index in [2.05, 4.69) is 0 Å². The van der Waals surface area contributed by atoms with Gasteiger partial charge in [0.25, 0.3) is 0 Å². The van der Waals surface area contributed by atoms with Crippen molar-refractivity contribution < 1.29 is 22.5 Å². The Labute approximate surface area is 185 Å². The number of para-hydroxylation sites is 2. The number of fused-ring (bicyclic) bond motifs is 1. The Bertz CT molecular complexity index is 1480. The smallest absolute Gasteiger partial charge is 0.422 e. The number of methoxy groups -OCH3 is 1. The number of esters is 1. The first-order valence-electron chi connectivity index (χ1n) is 9.81. The molecule has 0 aliphatic heterocycles. The van der Waals surface area contributed by atoms with E-state index in [9.17, 15) is 18.0 Å². The van der Waals surface area contributed by atoms with Crippen LogP contribution in [0.15, 0.2) is 88.6 Å². The van der Waals surface area contributed by atoms with Crippen LogP contribution in [-0.2, 0) is 21.1 Å². The molecule has 0 radical (unpaired) electrons. The van der Waals surface area contributed by atoms with E-state index in [1.54, 1.807) is 41.0 Å². The molecule has 0 amide bonds. The van der Waals surface area contributed by atoms with Gasteiger partial charge in [-0.2, -0.15) is 9.13 Å². The second-order valence-corrected chi connectivity index (χ2v) is 9.33. The lowest BCUT2D eigenvalue weighted by atomic mass is 10.2. The maximum Gasteiger partial charge on any atom is 0.422 e. The van der Waals surface area contributed by atoms with Gasteiger partial charge in [0.1, 0.15) is 23.1 Å². The van der Waals surface area contributed by atoms with Crippen LogP contribution in [0.3, 0.4) is 0 Å². The van der Waals surface area contributed by atoms with Crippen LogP contribution >= 0.6 is 0 Å². The third kappa shape index (κ3) is 3.92. The van der Waals surface area contributed by atoms with Gasteiger partial charge in [0.2, 0.25) is 0 Å². The van der Waals surface area contributed by atoms with E-state index in [1.807, 2.05) is 30.3 Å². The van der Waals surface area contributed by atoms with Crippen LogP contribution in [0.2, 0.25) is 0 Å². The summed E-state index contributed by atoms with van der Waals surface area (Å²) < 4.78 is 31.6. The van der Waals surface area contributed by atoms with Gasteiger partial charge < -0.3 is 4.74 Å². The van der Waals surface area contributed by atoms with Crippen LogP contribution in [0.4, 0.5) is 0 Å². The molecule has 0 fully saturated rings.